The van der Waals surface area contributed by atoms with Gasteiger partial charge in [0.2, 0.25) is 11.8 Å². The molecule has 0 aromatic heterocycles. The molecule has 3 N–H and O–H groups in total. The Morgan fingerprint density at radius 2 is 1.77 bits per heavy atom. The molecule has 0 radical (unpaired) electrons. The number of phenolic OH excluding ortho intramolecular Hbond substituents is 1. The molecule has 1 aliphatic carbocycles. The lowest BCUT2D eigenvalue weighted by Crippen LogP contribution is -2.55. The zero-order valence-corrected chi connectivity index (χ0v) is 22.3. The van der Waals surface area contributed by atoms with E-state index in [0.717, 1.165) is 32.1 Å². The second kappa shape index (κ2) is 12.3. The summed E-state index contributed by atoms with van der Waals surface area (Å²) in [6, 6.07) is 2.97. The predicted molar refractivity (Wildman–Crippen MR) is 136 cm³/mol. The van der Waals surface area contributed by atoms with Gasteiger partial charge in [-0.15, -0.1) is 0 Å². The van der Waals surface area contributed by atoms with E-state index < -0.39 is 23.8 Å². The van der Waals surface area contributed by atoms with E-state index in [9.17, 15) is 19.5 Å². The Hall–Kier alpha value is -2.77. The molecule has 3 amide bonds. The van der Waals surface area contributed by atoms with Crippen molar-refractivity contribution < 1.29 is 24.2 Å². The van der Waals surface area contributed by atoms with Gasteiger partial charge >= 0.3 is 6.09 Å². The predicted octanol–water partition coefficient (Wildman–Crippen LogP) is 4.73. The highest BCUT2D eigenvalue weighted by Crippen LogP contribution is 2.30. The van der Waals surface area contributed by atoms with Crippen LogP contribution in [0.3, 0.4) is 0 Å². The van der Waals surface area contributed by atoms with Gasteiger partial charge in [0.05, 0.1) is 0 Å². The molecule has 0 bridgehead atoms. The summed E-state index contributed by atoms with van der Waals surface area (Å²) < 4.78 is 5.32. The van der Waals surface area contributed by atoms with E-state index in [1.807, 2.05) is 13.8 Å². The van der Waals surface area contributed by atoms with E-state index in [1.165, 1.54) is 0 Å². The zero-order valence-electron chi connectivity index (χ0n) is 22.3. The number of aromatic hydroxyl groups is 1. The van der Waals surface area contributed by atoms with Crippen molar-refractivity contribution in [1.82, 2.24) is 15.5 Å². The number of amides is 3. The Bertz CT molecular complexity index is 889. The smallest absolute Gasteiger partial charge is 0.408 e. The topological polar surface area (TPSA) is 108 Å². The summed E-state index contributed by atoms with van der Waals surface area (Å²) in [5.41, 5.74) is 0.538. The van der Waals surface area contributed by atoms with Gasteiger partial charge in [-0.05, 0) is 84.1 Å². The Kier molecular flexibility index (Phi) is 9.98. The third-order valence-corrected chi connectivity index (χ3v) is 6.44. The first-order valence-electron chi connectivity index (χ1n) is 12.8. The third-order valence-electron chi connectivity index (χ3n) is 6.44. The van der Waals surface area contributed by atoms with Gasteiger partial charge in [-0.1, -0.05) is 32.3 Å². The van der Waals surface area contributed by atoms with E-state index in [4.69, 9.17) is 4.74 Å². The highest BCUT2D eigenvalue weighted by Gasteiger charge is 2.38. The molecule has 35 heavy (non-hydrogen) atoms. The molecular weight excluding hydrogens is 446 g/mol. The number of nitrogens with one attached hydrogen (secondary N) is 2. The van der Waals surface area contributed by atoms with Gasteiger partial charge < -0.3 is 25.4 Å². The number of hydrogen-bond acceptors (Lipinski definition) is 5. The lowest BCUT2D eigenvalue weighted by atomic mass is 9.94. The van der Waals surface area contributed by atoms with Crippen molar-refractivity contribution >= 4 is 17.9 Å². The summed E-state index contributed by atoms with van der Waals surface area (Å²) in [4.78, 5) is 41.4. The molecule has 1 aliphatic rings. The Morgan fingerprint density at radius 1 is 1.14 bits per heavy atom. The van der Waals surface area contributed by atoms with Gasteiger partial charge in [-0.2, -0.15) is 0 Å². The fourth-order valence-corrected chi connectivity index (χ4v) is 4.38. The second-order valence-electron chi connectivity index (χ2n) is 10.7. The van der Waals surface area contributed by atoms with Gasteiger partial charge in [0.1, 0.15) is 23.4 Å². The largest absolute Gasteiger partial charge is 0.508 e. The van der Waals surface area contributed by atoms with Crippen LogP contribution in [0.2, 0.25) is 0 Å². The molecule has 1 saturated carbocycles. The lowest BCUT2D eigenvalue weighted by molar-refractivity contribution is -0.145. The molecule has 8 heteroatoms. The number of hydrogen-bond donors (Lipinski definition) is 3. The minimum Gasteiger partial charge on any atom is -0.508 e. The summed E-state index contributed by atoms with van der Waals surface area (Å²) in [5.74, 6) is -0.499. The molecule has 0 heterocycles. The maximum absolute atomic E-state index is 13.7. The van der Waals surface area contributed by atoms with Crippen LogP contribution in [-0.4, -0.2) is 51.6 Å². The van der Waals surface area contributed by atoms with Gasteiger partial charge in [0.25, 0.3) is 0 Å². The van der Waals surface area contributed by atoms with Crippen LogP contribution in [0.25, 0.3) is 0 Å². The van der Waals surface area contributed by atoms with Crippen LogP contribution in [0.4, 0.5) is 4.79 Å². The third kappa shape index (κ3) is 8.15. The van der Waals surface area contributed by atoms with Crippen molar-refractivity contribution in [3.05, 3.63) is 29.3 Å². The Balaban J connectivity index is 2.41. The molecule has 1 aromatic rings. The summed E-state index contributed by atoms with van der Waals surface area (Å²) >= 11 is 0. The fraction of sp³-hybridized carbons (Fsp3) is 0.667. The molecule has 3 unspecified atom stereocenters. The lowest BCUT2D eigenvalue weighted by Gasteiger charge is -2.38. The van der Waals surface area contributed by atoms with Gasteiger partial charge in [-0.25, -0.2) is 4.79 Å². The normalized spacial score (nSPS) is 17.1. The van der Waals surface area contributed by atoms with Crippen LogP contribution < -0.4 is 10.6 Å². The summed E-state index contributed by atoms with van der Waals surface area (Å²) in [6.07, 6.45) is 5.07. The molecule has 2 rings (SSSR count). The molecule has 1 aromatic carbocycles. The molecule has 0 spiro atoms. The van der Waals surface area contributed by atoms with Crippen LogP contribution in [0.15, 0.2) is 18.2 Å². The summed E-state index contributed by atoms with van der Waals surface area (Å²) in [5, 5.41) is 15.9. The molecule has 196 valence electrons. The van der Waals surface area contributed by atoms with Crippen molar-refractivity contribution in [2.24, 2.45) is 0 Å². The zero-order chi connectivity index (χ0) is 26.3. The van der Waals surface area contributed by atoms with Crippen LogP contribution >= 0.6 is 0 Å². The number of nitrogens with zero attached hydrogens (tertiary/aromatic N) is 1. The number of carbonyl (C=O) groups excluding carboxylic acids is 3. The average Bonchev–Trinajstić information content (AvgIpc) is 2.77. The Morgan fingerprint density at radius 3 is 2.31 bits per heavy atom. The van der Waals surface area contributed by atoms with Gasteiger partial charge in [0, 0.05) is 12.1 Å². The molecule has 1 fully saturated rings. The molecule has 3 atom stereocenters. The number of ether oxygens (including phenoxy) is 1. The number of alkyl carbamates (subject to hydrolysis) is 1. The van der Waals surface area contributed by atoms with Gasteiger partial charge in [0.15, 0.2) is 0 Å². The quantitative estimate of drug-likeness (QED) is 0.489. The van der Waals surface area contributed by atoms with E-state index >= 15 is 0 Å². The van der Waals surface area contributed by atoms with Crippen molar-refractivity contribution in [2.75, 3.05) is 0 Å². The number of aryl methyl sites for hydroxylation is 1. The SMILES string of the molecule is CCC(C)N(C(=O)C(C)NC(=O)OC(C)(C)C)C(C(=O)NC1CCCCC1)c1ccc(O)c(C)c1. The number of benzene rings is 1. The van der Waals surface area contributed by atoms with Crippen molar-refractivity contribution in [2.45, 2.75) is 117 Å². The standard InChI is InChI=1S/C27H43N3O5/c1-8-18(3)30(25(33)19(4)28-26(34)35-27(5,6)7)23(20-14-15-22(31)17(2)16-20)24(32)29-21-12-10-9-11-13-21/h14-16,18-19,21,23,31H,8-13H2,1-7H3,(H,28,34)(H,29,32). The minimum atomic E-state index is -0.901. The molecular formula is C27H43N3O5. The number of phenols is 1. The van der Waals surface area contributed by atoms with E-state index in [-0.39, 0.29) is 29.6 Å². The van der Waals surface area contributed by atoms with Crippen LogP contribution in [0.5, 0.6) is 5.75 Å². The van der Waals surface area contributed by atoms with Crippen LogP contribution in [0, 0.1) is 6.92 Å². The monoisotopic (exact) mass is 489 g/mol. The first-order valence-corrected chi connectivity index (χ1v) is 12.8. The first kappa shape index (κ1) is 28.5. The Labute approximate surface area is 209 Å². The van der Waals surface area contributed by atoms with Crippen molar-refractivity contribution in [1.29, 1.82) is 0 Å². The molecule has 0 aliphatic heterocycles. The van der Waals surface area contributed by atoms with E-state index in [2.05, 4.69) is 10.6 Å². The highest BCUT2D eigenvalue weighted by atomic mass is 16.6. The van der Waals surface area contributed by atoms with E-state index in [0.29, 0.717) is 17.5 Å². The number of rotatable bonds is 8. The van der Waals surface area contributed by atoms with Crippen molar-refractivity contribution in [3.8, 4) is 5.75 Å². The maximum atomic E-state index is 13.7. The highest BCUT2D eigenvalue weighted by molar-refractivity contribution is 5.92. The summed E-state index contributed by atoms with van der Waals surface area (Å²) in [7, 11) is 0. The van der Waals surface area contributed by atoms with Crippen LogP contribution in [-0.2, 0) is 14.3 Å². The first-order chi connectivity index (χ1) is 16.3. The fourth-order valence-electron chi connectivity index (χ4n) is 4.38. The molecule has 8 nitrogen and oxygen atoms in total. The van der Waals surface area contributed by atoms with E-state index in [1.54, 1.807) is 57.7 Å². The second-order valence-corrected chi connectivity index (χ2v) is 10.7. The summed E-state index contributed by atoms with van der Waals surface area (Å²) in [6.45, 7) is 12.5. The maximum Gasteiger partial charge on any atom is 0.408 e. The number of carbonyl (C=O) groups is 3. The van der Waals surface area contributed by atoms with Crippen molar-refractivity contribution in [3.63, 3.8) is 0 Å². The minimum absolute atomic E-state index is 0.0724. The van der Waals surface area contributed by atoms with Gasteiger partial charge in [-0.3, -0.25) is 9.59 Å². The average molecular weight is 490 g/mol. The van der Waals surface area contributed by atoms with Crippen LogP contribution in [0.1, 0.15) is 97.2 Å². The molecule has 0 saturated heterocycles.